The Morgan fingerprint density at radius 3 is 2.80 bits per heavy atom. The standard InChI is InChI=1S/C16H13NO3/c1-20-12-5-6-13-11(7-12)8-14(17-13)16-10(9-18)3-2-4-15(16)19/h2-9,17,19H,1H3. The zero-order valence-corrected chi connectivity index (χ0v) is 10.9. The normalized spacial score (nSPS) is 10.7. The summed E-state index contributed by atoms with van der Waals surface area (Å²) < 4.78 is 5.19. The van der Waals surface area contributed by atoms with Crippen molar-refractivity contribution >= 4 is 17.2 Å². The maximum Gasteiger partial charge on any atom is 0.150 e. The number of aldehydes is 1. The molecule has 20 heavy (non-hydrogen) atoms. The molecule has 2 N–H and O–H groups in total. The predicted octanol–water partition coefficient (Wildman–Crippen LogP) is 3.36. The van der Waals surface area contributed by atoms with Gasteiger partial charge in [0.05, 0.1) is 18.4 Å². The highest BCUT2D eigenvalue weighted by molar-refractivity contribution is 5.94. The Hall–Kier alpha value is -2.75. The topological polar surface area (TPSA) is 62.3 Å². The maximum absolute atomic E-state index is 11.1. The lowest BCUT2D eigenvalue weighted by atomic mass is 10.0. The highest BCUT2D eigenvalue weighted by Gasteiger charge is 2.12. The number of benzene rings is 2. The summed E-state index contributed by atoms with van der Waals surface area (Å²) in [7, 11) is 1.61. The molecule has 3 aromatic rings. The smallest absolute Gasteiger partial charge is 0.150 e. The number of rotatable bonds is 3. The van der Waals surface area contributed by atoms with Gasteiger partial charge in [0.2, 0.25) is 0 Å². The number of ether oxygens (including phenoxy) is 1. The average Bonchev–Trinajstić information content (AvgIpc) is 2.88. The average molecular weight is 267 g/mol. The Labute approximate surface area is 115 Å². The molecule has 0 saturated carbocycles. The van der Waals surface area contributed by atoms with Gasteiger partial charge in [-0.15, -0.1) is 0 Å². The van der Waals surface area contributed by atoms with E-state index in [0.29, 0.717) is 16.8 Å². The highest BCUT2D eigenvalue weighted by atomic mass is 16.5. The van der Waals surface area contributed by atoms with E-state index in [2.05, 4.69) is 4.98 Å². The van der Waals surface area contributed by atoms with Gasteiger partial charge in [0.25, 0.3) is 0 Å². The van der Waals surface area contributed by atoms with Crippen LogP contribution in [0, 0.1) is 0 Å². The lowest BCUT2D eigenvalue weighted by Crippen LogP contribution is -1.87. The third-order valence-corrected chi connectivity index (χ3v) is 3.30. The van der Waals surface area contributed by atoms with Gasteiger partial charge in [-0.1, -0.05) is 12.1 Å². The van der Waals surface area contributed by atoms with E-state index in [1.54, 1.807) is 25.3 Å². The van der Waals surface area contributed by atoms with Crippen LogP contribution in [0.4, 0.5) is 0 Å². The van der Waals surface area contributed by atoms with Crippen molar-refractivity contribution in [2.45, 2.75) is 0 Å². The first-order valence-electron chi connectivity index (χ1n) is 6.17. The molecule has 0 aliphatic rings. The number of aromatic nitrogens is 1. The molecule has 0 spiro atoms. The number of carbonyl (C=O) groups excluding carboxylic acids is 1. The fourth-order valence-electron chi connectivity index (χ4n) is 2.32. The van der Waals surface area contributed by atoms with Crippen LogP contribution in [0.2, 0.25) is 0 Å². The molecule has 0 aliphatic heterocycles. The molecule has 2 aromatic carbocycles. The number of H-pyrrole nitrogens is 1. The van der Waals surface area contributed by atoms with Crippen LogP contribution in [0.3, 0.4) is 0 Å². The number of nitrogens with one attached hydrogen (secondary N) is 1. The van der Waals surface area contributed by atoms with Crippen LogP contribution in [-0.4, -0.2) is 23.5 Å². The van der Waals surface area contributed by atoms with Crippen LogP contribution in [0.15, 0.2) is 42.5 Å². The van der Waals surface area contributed by atoms with E-state index in [-0.39, 0.29) is 5.75 Å². The maximum atomic E-state index is 11.1. The highest BCUT2D eigenvalue weighted by Crippen LogP contribution is 2.34. The molecule has 4 nitrogen and oxygen atoms in total. The largest absolute Gasteiger partial charge is 0.507 e. The van der Waals surface area contributed by atoms with Gasteiger partial charge >= 0.3 is 0 Å². The van der Waals surface area contributed by atoms with Gasteiger partial charge in [-0.25, -0.2) is 0 Å². The summed E-state index contributed by atoms with van der Waals surface area (Å²) in [6.45, 7) is 0. The summed E-state index contributed by atoms with van der Waals surface area (Å²) in [5, 5.41) is 11.0. The van der Waals surface area contributed by atoms with Crippen molar-refractivity contribution < 1.29 is 14.6 Å². The third-order valence-electron chi connectivity index (χ3n) is 3.30. The number of fused-ring (bicyclic) bond motifs is 1. The molecule has 3 rings (SSSR count). The molecule has 4 heteroatoms. The summed E-state index contributed by atoms with van der Waals surface area (Å²) in [4.78, 5) is 14.3. The van der Waals surface area contributed by atoms with E-state index in [1.807, 2.05) is 24.3 Å². The van der Waals surface area contributed by atoms with Crippen LogP contribution in [-0.2, 0) is 0 Å². The van der Waals surface area contributed by atoms with Gasteiger partial charge in [-0.05, 0) is 30.3 Å². The van der Waals surface area contributed by atoms with Gasteiger partial charge in [0.15, 0.2) is 6.29 Å². The Balaban J connectivity index is 2.22. The first-order valence-corrected chi connectivity index (χ1v) is 6.17. The second-order valence-electron chi connectivity index (χ2n) is 4.50. The molecule has 0 unspecified atom stereocenters. The molecule has 0 aliphatic carbocycles. The zero-order chi connectivity index (χ0) is 14.1. The van der Waals surface area contributed by atoms with Crippen LogP contribution in [0.25, 0.3) is 22.2 Å². The number of phenols is 1. The lowest BCUT2D eigenvalue weighted by molar-refractivity contribution is 0.112. The third kappa shape index (κ3) is 1.91. The SMILES string of the molecule is COc1ccc2[nH]c(-c3c(O)cccc3C=O)cc2c1. The number of aromatic amines is 1. The van der Waals surface area contributed by atoms with Crippen molar-refractivity contribution in [3.05, 3.63) is 48.0 Å². The molecule has 0 atom stereocenters. The molecule has 1 aromatic heterocycles. The van der Waals surface area contributed by atoms with Crippen molar-refractivity contribution in [2.24, 2.45) is 0 Å². The van der Waals surface area contributed by atoms with Crippen molar-refractivity contribution in [1.29, 1.82) is 0 Å². The second kappa shape index (κ2) is 4.74. The van der Waals surface area contributed by atoms with Crippen LogP contribution >= 0.6 is 0 Å². The Bertz CT molecular complexity index is 790. The minimum atomic E-state index is 0.0770. The summed E-state index contributed by atoms with van der Waals surface area (Å²) in [6.07, 6.45) is 0.737. The first-order chi connectivity index (χ1) is 9.72. The fraction of sp³-hybridized carbons (Fsp3) is 0.0625. The van der Waals surface area contributed by atoms with E-state index in [0.717, 1.165) is 22.9 Å². The zero-order valence-electron chi connectivity index (χ0n) is 10.9. The minimum absolute atomic E-state index is 0.0770. The van der Waals surface area contributed by atoms with E-state index in [4.69, 9.17) is 4.74 Å². The fourth-order valence-corrected chi connectivity index (χ4v) is 2.32. The van der Waals surface area contributed by atoms with Gasteiger partial charge in [-0.2, -0.15) is 0 Å². The van der Waals surface area contributed by atoms with E-state index in [1.165, 1.54) is 0 Å². The van der Waals surface area contributed by atoms with Crippen LogP contribution in [0.1, 0.15) is 10.4 Å². The number of hydrogen-bond acceptors (Lipinski definition) is 3. The summed E-state index contributed by atoms with van der Waals surface area (Å²) >= 11 is 0. The van der Waals surface area contributed by atoms with Gasteiger partial charge in [0, 0.05) is 16.5 Å². The van der Waals surface area contributed by atoms with Crippen molar-refractivity contribution in [3.63, 3.8) is 0 Å². The number of phenolic OH excluding ortho intramolecular Hbond substituents is 1. The lowest BCUT2D eigenvalue weighted by Gasteiger charge is -2.04. The van der Waals surface area contributed by atoms with Crippen molar-refractivity contribution in [2.75, 3.05) is 7.11 Å². The number of carbonyl (C=O) groups is 1. The molecule has 0 bridgehead atoms. The van der Waals surface area contributed by atoms with Crippen LogP contribution < -0.4 is 4.74 Å². The quantitative estimate of drug-likeness (QED) is 0.715. The van der Waals surface area contributed by atoms with Gasteiger partial charge in [-0.3, -0.25) is 4.79 Å². The number of hydrogen-bond donors (Lipinski definition) is 2. The molecule has 100 valence electrons. The summed E-state index contributed by atoms with van der Waals surface area (Å²) in [5.74, 6) is 0.837. The Kier molecular flexibility index (Phi) is 2.91. The number of methoxy groups -OCH3 is 1. The first kappa shape index (κ1) is 12.3. The summed E-state index contributed by atoms with van der Waals surface area (Å²) in [6, 6.07) is 12.4. The summed E-state index contributed by atoms with van der Waals surface area (Å²) in [5.41, 5.74) is 2.58. The molecular weight excluding hydrogens is 254 g/mol. The van der Waals surface area contributed by atoms with Crippen molar-refractivity contribution in [3.8, 4) is 22.8 Å². The molecule has 0 radical (unpaired) electrons. The molecule has 0 amide bonds. The molecule has 0 fully saturated rings. The Morgan fingerprint density at radius 1 is 1.20 bits per heavy atom. The molecule has 1 heterocycles. The molecule has 0 saturated heterocycles. The second-order valence-corrected chi connectivity index (χ2v) is 4.50. The molecular formula is C16H13NO3. The minimum Gasteiger partial charge on any atom is -0.507 e. The van der Waals surface area contributed by atoms with E-state index < -0.39 is 0 Å². The van der Waals surface area contributed by atoms with Crippen molar-refractivity contribution in [1.82, 2.24) is 4.98 Å². The van der Waals surface area contributed by atoms with Crippen LogP contribution in [0.5, 0.6) is 11.5 Å². The monoisotopic (exact) mass is 267 g/mol. The predicted molar refractivity (Wildman–Crippen MR) is 77.3 cm³/mol. The van der Waals surface area contributed by atoms with Gasteiger partial charge in [0.1, 0.15) is 11.5 Å². The Morgan fingerprint density at radius 2 is 2.05 bits per heavy atom. The van der Waals surface area contributed by atoms with E-state index in [9.17, 15) is 9.90 Å². The van der Waals surface area contributed by atoms with E-state index >= 15 is 0 Å². The number of aromatic hydroxyl groups is 1. The van der Waals surface area contributed by atoms with Gasteiger partial charge < -0.3 is 14.8 Å².